The molecule has 11 aromatic rings. The molecule has 4 nitrogen and oxygen atoms in total. The van der Waals surface area contributed by atoms with Crippen molar-refractivity contribution in [2.24, 2.45) is 0 Å². The molecular weight excluding hydrogens is 896 g/mol. The quantitative estimate of drug-likeness (QED) is 0.149. The molecule has 5 heteroatoms. The fourth-order valence-electron chi connectivity index (χ4n) is 11.6. The van der Waals surface area contributed by atoms with Crippen LogP contribution in [0.3, 0.4) is 0 Å². The number of fused-ring (bicyclic) bond motifs is 6. The number of pyridine rings is 1. The van der Waals surface area contributed by atoms with Crippen LogP contribution >= 0.6 is 0 Å². The van der Waals surface area contributed by atoms with Gasteiger partial charge in [-0.25, -0.2) is 4.98 Å². The van der Waals surface area contributed by atoms with Crippen molar-refractivity contribution >= 4 is 96.1 Å². The molecule has 0 aliphatic carbocycles. The third-order valence-corrected chi connectivity index (χ3v) is 15.3. The molecule has 356 valence electrons. The van der Waals surface area contributed by atoms with Gasteiger partial charge >= 0.3 is 0 Å². The van der Waals surface area contributed by atoms with E-state index in [0.717, 1.165) is 56.7 Å². The van der Waals surface area contributed by atoms with Gasteiger partial charge in [0.2, 0.25) is 0 Å². The molecule has 0 N–H and O–H groups in total. The molecule has 0 radical (unpaired) electrons. The molecule has 2 aliphatic rings. The number of rotatable bonds is 7. The predicted octanol–water partition coefficient (Wildman–Crippen LogP) is 16.9. The minimum atomic E-state index is -0.151. The van der Waals surface area contributed by atoms with Gasteiger partial charge in [-0.3, -0.25) is 9.80 Å². The highest BCUT2D eigenvalue weighted by Gasteiger charge is 2.45. The maximum Gasteiger partial charge on any atom is 0.254 e. The number of aromatic nitrogens is 1. The smallest absolute Gasteiger partial charge is 0.254 e. The Morgan fingerprint density at radius 2 is 0.973 bits per heavy atom. The van der Waals surface area contributed by atoms with E-state index in [0.29, 0.717) is 0 Å². The van der Waals surface area contributed by atoms with Crippen LogP contribution in [0.2, 0.25) is 0 Å². The Morgan fingerprint density at radius 3 is 1.66 bits per heavy atom. The van der Waals surface area contributed by atoms with E-state index in [2.05, 4.69) is 293 Å². The fourth-order valence-corrected chi connectivity index (χ4v) is 11.6. The van der Waals surface area contributed by atoms with Crippen molar-refractivity contribution in [2.45, 2.75) is 52.4 Å². The Kier molecular flexibility index (Phi) is 10.7. The molecule has 0 atom stereocenters. The summed E-state index contributed by atoms with van der Waals surface area (Å²) in [6.45, 7) is 13.8. The van der Waals surface area contributed by atoms with E-state index >= 15 is 0 Å². The van der Waals surface area contributed by atoms with Crippen LogP contribution in [0.25, 0.3) is 43.8 Å². The first-order chi connectivity index (χ1) is 36.0. The zero-order chi connectivity index (χ0) is 50.3. The van der Waals surface area contributed by atoms with Crippen LogP contribution in [0.4, 0.5) is 51.4 Å². The molecule has 0 spiro atoms. The topological polar surface area (TPSA) is 22.6 Å². The Labute approximate surface area is 435 Å². The second kappa shape index (κ2) is 17.5. The van der Waals surface area contributed by atoms with Crippen LogP contribution in [0.1, 0.15) is 52.7 Å². The zero-order valence-electron chi connectivity index (χ0n) is 42.9. The third-order valence-electron chi connectivity index (χ3n) is 15.3. The second-order valence-corrected chi connectivity index (χ2v) is 22.0. The molecule has 1 aromatic heterocycles. The molecule has 74 heavy (non-hydrogen) atoms. The predicted molar refractivity (Wildman–Crippen MR) is 316 cm³/mol. The molecule has 2 aliphatic heterocycles. The van der Waals surface area contributed by atoms with Crippen molar-refractivity contribution in [1.82, 2.24) is 4.98 Å². The van der Waals surface area contributed by atoms with Crippen LogP contribution in [0, 0.1) is 0 Å². The average molecular weight is 953 g/mol. The first kappa shape index (κ1) is 45.2. The van der Waals surface area contributed by atoms with Crippen molar-refractivity contribution < 1.29 is 0 Å². The lowest BCUT2D eigenvalue weighted by Crippen LogP contribution is -2.61. The molecular formula is C69H57BN4. The zero-order valence-corrected chi connectivity index (χ0v) is 42.9. The lowest BCUT2D eigenvalue weighted by molar-refractivity contribution is 0.590. The number of nitrogens with zero attached hydrogens (tertiary/aromatic N) is 4. The average Bonchev–Trinajstić information content (AvgIpc) is 3.47. The highest BCUT2D eigenvalue weighted by Crippen LogP contribution is 2.49. The summed E-state index contributed by atoms with van der Waals surface area (Å²) in [6.07, 6.45) is 0. The third kappa shape index (κ3) is 7.57. The summed E-state index contributed by atoms with van der Waals surface area (Å²) in [5.41, 5.74) is 18.4. The van der Waals surface area contributed by atoms with Crippen molar-refractivity contribution in [3.05, 3.63) is 248 Å². The van der Waals surface area contributed by atoms with Crippen LogP contribution in [0.15, 0.2) is 237 Å². The molecule has 0 saturated heterocycles. The molecule has 0 bridgehead atoms. The molecule has 0 saturated carbocycles. The van der Waals surface area contributed by atoms with Gasteiger partial charge in [-0.15, -0.1) is 0 Å². The summed E-state index contributed by atoms with van der Waals surface area (Å²) in [6, 6.07) is 87.2. The van der Waals surface area contributed by atoms with Gasteiger partial charge in [-0.05, 0) is 149 Å². The first-order valence-electron chi connectivity index (χ1n) is 26.0. The van der Waals surface area contributed by atoms with E-state index in [1.54, 1.807) is 0 Å². The van der Waals surface area contributed by atoms with E-state index in [9.17, 15) is 0 Å². The number of hydrogen-bond donors (Lipinski definition) is 0. The van der Waals surface area contributed by atoms with Gasteiger partial charge in [-0.2, -0.15) is 0 Å². The van der Waals surface area contributed by atoms with Gasteiger partial charge in [0.25, 0.3) is 6.71 Å². The Bertz CT molecular complexity index is 3950. The van der Waals surface area contributed by atoms with Crippen molar-refractivity contribution in [1.29, 1.82) is 0 Å². The van der Waals surface area contributed by atoms with E-state index < -0.39 is 0 Å². The van der Waals surface area contributed by atoms with Gasteiger partial charge in [0, 0.05) is 39.7 Å². The van der Waals surface area contributed by atoms with Gasteiger partial charge in [-0.1, -0.05) is 205 Å². The van der Waals surface area contributed by atoms with Gasteiger partial charge in [0.15, 0.2) is 0 Å². The van der Waals surface area contributed by atoms with E-state index in [1.807, 2.05) is 0 Å². The Hall–Kier alpha value is -8.67. The van der Waals surface area contributed by atoms with Crippen LogP contribution in [-0.4, -0.2) is 11.7 Å². The lowest BCUT2D eigenvalue weighted by atomic mass is 9.33. The highest BCUT2D eigenvalue weighted by molar-refractivity contribution is 7.00. The first-order valence-corrected chi connectivity index (χ1v) is 26.0. The number of hydrogen-bond acceptors (Lipinski definition) is 4. The standard InChI is InChI=1S/C69H57BN4/c1-68(2,3)49-38-40-61(58(43-49)57-35-21-25-47-23-14-16-33-55(47)57)73(53-31-19-26-48(42-53)56-34-20-24-46-22-13-15-32-54(46)56)65-41-39-60-67(71-65)74(52-29-11-8-12-30-52)64-45-50(69(4,5)6)44-63-66(64)70(60)59-36-17-18-37-62(59)72(63)51-27-9-7-10-28-51/h7-45H,1-6H3. The lowest BCUT2D eigenvalue weighted by Gasteiger charge is -2.44. The van der Waals surface area contributed by atoms with Crippen molar-refractivity contribution in [2.75, 3.05) is 14.7 Å². The van der Waals surface area contributed by atoms with E-state index in [4.69, 9.17) is 4.98 Å². The maximum absolute atomic E-state index is 6.08. The van der Waals surface area contributed by atoms with Crippen molar-refractivity contribution in [3.8, 4) is 22.3 Å². The van der Waals surface area contributed by atoms with Crippen LogP contribution in [0.5, 0.6) is 0 Å². The Morgan fingerprint density at radius 1 is 0.405 bits per heavy atom. The van der Waals surface area contributed by atoms with Gasteiger partial charge in [0.05, 0.1) is 5.69 Å². The fraction of sp³-hybridized carbons (Fsp3) is 0.116. The summed E-state index contributed by atoms with van der Waals surface area (Å²) in [7, 11) is 0. The summed E-state index contributed by atoms with van der Waals surface area (Å²) in [5.74, 6) is 1.75. The highest BCUT2D eigenvalue weighted by atomic mass is 15.3. The number of para-hydroxylation sites is 3. The van der Waals surface area contributed by atoms with Gasteiger partial charge in [0.1, 0.15) is 11.6 Å². The molecule has 3 heterocycles. The summed E-state index contributed by atoms with van der Waals surface area (Å²) in [5, 5.41) is 4.86. The van der Waals surface area contributed by atoms with E-state index in [-0.39, 0.29) is 17.5 Å². The Balaban J connectivity index is 1.11. The largest absolute Gasteiger partial charge is 0.311 e. The number of benzene rings is 10. The molecule has 0 unspecified atom stereocenters. The van der Waals surface area contributed by atoms with Crippen LogP contribution < -0.4 is 31.1 Å². The van der Waals surface area contributed by atoms with E-state index in [1.165, 1.54) is 66.1 Å². The molecule has 0 amide bonds. The number of anilines is 9. The SMILES string of the molecule is CC(C)(C)c1ccc(N(c2cccc(-c3cccc4ccccc34)c2)c2ccc3c(n2)N(c2ccccc2)c2cc(C(C)(C)C)cc4c2B3c2ccccc2N4c2ccccc2)c(-c2cccc3ccccc23)c1. The van der Waals surface area contributed by atoms with Gasteiger partial charge < -0.3 is 4.90 Å². The summed E-state index contributed by atoms with van der Waals surface area (Å²) < 4.78 is 0. The maximum atomic E-state index is 6.08. The summed E-state index contributed by atoms with van der Waals surface area (Å²) >= 11 is 0. The molecule has 0 fully saturated rings. The van der Waals surface area contributed by atoms with Crippen molar-refractivity contribution in [3.63, 3.8) is 0 Å². The summed E-state index contributed by atoms with van der Waals surface area (Å²) in [4.78, 5) is 13.4. The van der Waals surface area contributed by atoms with Crippen LogP contribution in [-0.2, 0) is 10.8 Å². The molecule has 13 rings (SSSR count). The minimum Gasteiger partial charge on any atom is -0.311 e. The molecule has 10 aromatic carbocycles. The second-order valence-electron chi connectivity index (χ2n) is 22.0. The minimum absolute atomic E-state index is 0.0813. The normalized spacial score (nSPS) is 12.9. The monoisotopic (exact) mass is 952 g/mol.